The maximum absolute atomic E-state index is 12.0. The Bertz CT molecular complexity index is 427. The monoisotopic (exact) mass is 296 g/mol. The molecule has 1 rings (SSSR count). The maximum Gasteiger partial charge on any atom is 0.345 e. The topological polar surface area (TPSA) is 26.3 Å². The zero-order valence-electron chi connectivity index (χ0n) is 11.6. The summed E-state index contributed by atoms with van der Waals surface area (Å²) < 4.78 is 4.92. The van der Waals surface area contributed by atoms with Gasteiger partial charge in [-0.1, -0.05) is 43.3 Å². The third kappa shape index (κ3) is 5.33. The van der Waals surface area contributed by atoms with Crippen molar-refractivity contribution in [2.75, 3.05) is 13.4 Å². The predicted molar refractivity (Wildman–Crippen MR) is 84.4 cm³/mol. The fraction of sp³-hybridized carbons (Fsp3) is 0.400. The number of benzene rings is 1. The van der Waals surface area contributed by atoms with Gasteiger partial charge in [0.1, 0.15) is 4.91 Å². The molecule has 0 heterocycles. The molecule has 0 fully saturated rings. The molecule has 0 amide bonds. The number of ether oxygens (including phenoxy) is 1. The summed E-state index contributed by atoms with van der Waals surface area (Å²) in [7, 11) is 1.44. The van der Waals surface area contributed by atoms with E-state index in [-0.39, 0.29) is 5.97 Å². The predicted octanol–water partition coefficient (Wildman–Crippen LogP) is 4.72. The number of allylic oxidation sites excluding steroid dienone is 1. The van der Waals surface area contributed by atoms with Crippen molar-refractivity contribution in [1.29, 1.82) is 0 Å². The molecule has 0 aromatic heterocycles. The van der Waals surface area contributed by atoms with Gasteiger partial charge in [0, 0.05) is 9.80 Å². The van der Waals surface area contributed by atoms with E-state index < -0.39 is 0 Å². The number of carbonyl (C=O) groups is 1. The Balaban J connectivity index is 2.98. The first kappa shape index (κ1) is 16.2. The van der Waals surface area contributed by atoms with Crippen LogP contribution in [0.15, 0.2) is 45.0 Å². The maximum atomic E-state index is 12.0. The zero-order valence-corrected chi connectivity index (χ0v) is 13.3. The van der Waals surface area contributed by atoms with Crippen molar-refractivity contribution >= 4 is 29.5 Å². The fourth-order valence-corrected chi connectivity index (χ4v) is 3.46. The average Bonchev–Trinajstić information content (AvgIpc) is 2.47. The van der Waals surface area contributed by atoms with Crippen molar-refractivity contribution < 1.29 is 9.53 Å². The van der Waals surface area contributed by atoms with Crippen molar-refractivity contribution in [1.82, 2.24) is 0 Å². The van der Waals surface area contributed by atoms with Crippen LogP contribution in [-0.4, -0.2) is 19.3 Å². The van der Waals surface area contributed by atoms with Crippen LogP contribution < -0.4 is 0 Å². The van der Waals surface area contributed by atoms with Crippen LogP contribution in [0.2, 0.25) is 0 Å². The minimum atomic E-state index is -0.241. The summed E-state index contributed by atoms with van der Waals surface area (Å²) in [5, 5.41) is 0. The van der Waals surface area contributed by atoms with Crippen LogP contribution in [0.25, 0.3) is 0 Å². The molecule has 0 aliphatic carbocycles. The molecule has 0 saturated heterocycles. The Morgan fingerprint density at radius 3 is 2.47 bits per heavy atom. The molecule has 0 aliphatic rings. The van der Waals surface area contributed by atoms with E-state index in [1.54, 1.807) is 11.8 Å². The van der Waals surface area contributed by atoms with E-state index in [2.05, 4.69) is 6.92 Å². The van der Waals surface area contributed by atoms with Crippen LogP contribution in [0.5, 0.6) is 0 Å². The van der Waals surface area contributed by atoms with E-state index in [9.17, 15) is 4.79 Å². The number of carbonyl (C=O) groups excluding carboxylic acids is 1. The van der Waals surface area contributed by atoms with E-state index in [0.29, 0.717) is 0 Å². The Morgan fingerprint density at radius 1 is 1.26 bits per heavy atom. The summed E-state index contributed by atoms with van der Waals surface area (Å²) >= 11 is 3.13. The second-order valence-corrected chi connectivity index (χ2v) is 5.95. The average molecular weight is 296 g/mol. The molecule has 0 spiro atoms. The first-order valence-electron chi connectivity index (χ1n) is 6.31. The van der Waals surface area contributed by atoms with Crippen LogP contribution in [-0.2, 0) is 9.53 Å². The van der Waals surface area contributed by atoms with E-state index in [0.717, 1.165) is 34.0 Å². The highest BCUT2D eigenvalue weighted by Gasteiger charge is 2.17. The van der Waals surface area contributed by atoms with Crippen LogP contribution in [0, 0.1) is 0 Å². The van der Waals surface area contributed by atoms with E-state index >= 15 is 0 Å². The molecule has 1 aromatic rings. The van der Waals surface area contributed by atoms with Crippen molar-refractivity contribution in [2.24, 2.45) is 0 Å². The summed E-state index contributed by atoms with van der Waals surface area (Å²) in [6.07, 6.45) is 5.15. The minimum absolute atomic E-state index is 0.241. The molecular weight excluding hydrogens is 276 g/mol. The first-order valence-corrected chi connectivity index (χ1v) is 8.35. The van der Waals surface area contributed by atoms with Crippen molar-refractivity contribution in [2.45, 2.75) is 31.1 Å². The largest absolute Gasteiger partial charge is 0.465 e. The van der Waals surface area contributed by atoms with Crippen molar-refractivity contribution in [3.05, 3.63) is 40.1 Å². The molecule has 0 aliphatic heterocycles. The lowest BCUT2D eigenvalue weighted by Crippen LogP contribution is -2.04. The molecule has 0 unspecified atom stereocenters. The summed E-state index contributed by atoms with van der Waals surface area (Å²) in [6, 6.07) is 9.93. The number of esters is 1. The highest BCUT2D eigenvalue weighted by atomic mass is 32.2. The van der Waals surface area contributed by atoms with E-state index in [1.165, 1.54) is 18.9 Å². The molecule has 104 valence electrons. The number of methoxy groups -OCH3 is 1. The van der Waals surface area contributed by atoms with Crippen molar-refractivity contribution in [3.8, 4) is 0 Å². The fourth-order valence-electron chi connectivity index (χ4n) is 1.56. The first-order chi connectivity index (χ1) is 9.22. The van der Waals surface area contributed by atoms with Gasteiger partial charge in [-0.15, -0.1) is 11.8 Å². The van der Waals surface area contributed by atoms with Gasteiger partial charge >= 0.3 is 5.97 Å². The second-order valence-electron chi connectivity index (χ2n) is 3.97. The summed E-state index contributed by atoms with van der Waals surface area (Å²) in [6.45, 7) is 2.15. The molecular formula is C15H20O2S2. The highest BCUT2D eigenvalue weighted by molar-refractivity contribution is 8.07. The number of rotatable bonds is 7. The van der Waals surface area contributed by atoms with Gasteiger partial charge in [0.05, 0.1) is 7.11 Å². The number of unbranched alkanes of at least 4 members (excludes halogenated alkanes) is 1. The summed E-state index contributed by atoms with van der Waals surface area (Å²) in [5.41, 5.74) is 0. The summed E-state index contributed by atoms with van der Waals surface area (Å²) in [4.78, 5) is 14.9. The zero-order chi connectivity index (χ0) is 14.1. The van der Waals surface area contributed by atoms with Crippen LogP contribution in [0.4, 0.5) is 0 Å². The lowest BCUT2D eigenvalue weighted by molar-refractivity contribution is -0.135. The minimum Gasteiger partial charge on any atom is -0.465 e. The van der Waals surface area contributed by atoms with Gasteiger partial charge in [0.25, 0.3) is 0 Å². The third-order valence-corrected chi connectivity index (χ3v) is 4.75. The molecule has 4 heteroatoms. The lowest BCUT2D eigenvalue weighted by atomic mass is 10.2. The van der Waals surface area contributed by atoms with E-state index in [4.69, 9.17) is 4.74 Å². The molecule has 0 bridgehead atoms. The molecule has 1 aromatic carbocycles. The van der Waals surface area contributed by atoms with Gasteiger partial charge in [-0.25, -0.2) is 4.79 Å². The number of thioether (sulfide) groups is 2. The van der Waals surface area contributed by atoms with Gasteiger partial charge < -0.3 is 4.74 Å². The quantitative estimate of drug-likeness (QED) is 0.413. The van der Waals surface area contributed by atoms with Gasteiger partial charge in [-0.2, -0.15) is 0 Å². The third-order valence-electron chi connectivity index (χ3n) is 2.59. The van der Waals surface area contributed by atoms with Crippen LogP contribution in [0.3, 0.4) is 0 Å². The number of hydrogen-bond donors (Lipinski definition) is 0. The Morgan fingerprint density at radius 2 is 1.95 bits per heavy atom. The van der Waals surface area contributed by atoms with E-state index in [1.807, 2.05) is 36.6 Å². The van der Waals surface area contributed by atoms with Crippen molar-refractivity contribution in [3.63, 3.8) is 0 Å². The lowest BCUT2D eigenvalue weighted by Gasteiger charge is -2.11. The molecule has 2 nitrogen and oxygen atoms in total. The van der Waals surface area contributed by atoms with Gasteiger partial charge in [0.15, 0.2) is 0 Å². The molecule has 0 radical (unpaired) electrons. The second kappa shape index (κ2) is 9.10. The Kier molecular flexibility index (Phi) is 7.75. The van der Waals surface area contributed by atoms with Gasteiger partial charge in [-0.3, -0.25) is 0 Å². The SMILES string of the molecule is CCCC/C(SC)=C(/Sc1ccccc1)C(=O)OC. The summed E-state index contributed by atoms with van der Waals surface area (Å²) in [5.74, 6) is -0.241. The number of hydrogen-bond acceptors (Lipinski definition) is 4. The highest BCUT2D eigenvalue weighted by Crippen LogP contribution is 2.35. The Hall–Kier alpha value is -0.870. The van der Waals surface area contributed by atoms with Crippen LogP contribution in [0.1, 0.15) is 26.2 Å². The molecule has 0 N–H and O–H groups in total. The molecule has 0 atom stereocenters. The van der Waals surface area contributed by atoms with Gasteiger partial charge in [-0.05, 0) is 31.2 Å². The van der Waals surface area contributed by atoms with Gasteiger partial charge in [0.2, 0.25) is 0 Å². The normalized spacial score (nSPS) is 11.9. The Labute approximate surface area is 124 Å². The standard InChI is InChI=1S/C15H20O2S2/c1-4-5-11-13(18-3)14(15(16)17-2)19-12-9-7-6-8-10-12/h6-10H,4-5,11H2,1-3H3/b14-13-. The smallest absolute Gasteiger partial charge is 0.345 e. The van der Waals surface area contributed by atoms with Crippen LogP contribution >= 0.6 is 23.5 Å². The molecule has 0 saturated carbocycles. The molecule has 19 heavy (non-hydrogen) atoms.